The van der Waals surface area contributed by atoms with Crippen molar-refractivity contribution >= 4 is 28.9 Å². The molecule has 0 atom stereocenters. The monoisotopic (exact) mass is 611 g/mol. The smallest absolute Gasteiger partial charge is 0.258 e. The van der Waals surface area contributed by atoms with Gasteiger partial charge in [-0.3, -0.25) is 9.59 Å². The minimum absolute atomic E-state index is 0.0684. The molecule has 7 heteroatoms. The summed E-state index contributed by atoms with van der Waals surface area (Å²) in [6.07, 6.45) is 1.66. The molecule has 0 bridgehead atoms. The zero-order valence-corrected chi connectivity index (χ0v) is 25.9. The molecule has 1 N–H and O–H groups in total. The number of hydrogen-bond donors (Lipinski definition) is 1. The van der Waals surface area contributed by atoms with Crippen molar-refractivity contribution in [3.8, 4) is 22.6 Å². The van der Waals surface area contributed by atoms with Gasteiger partial charge in [-0.1, -0.05) is 72.8 Å². The van der Waals surface area contributed by atoms with E-state index >= 15 is 0 Å². The summed E-state index contributed by atoms with van der Waals surface area (Å²) in [4.78, 5) is 31.3. The molecule has 7 nitrogen and oxygen atoms in total. The predicted molar refractivity (Wildman–Crippen MR) is 184 cm³/mol. The molecule has 0 fully saturated rings. The van der Waals surface area contributed by atoms with Crippen molar-refractivity contribution in [2.45, 2.75) is 12.8 Å². The predicted octanol–water partition coefficient (Wildman–Crippen LogP) is 7.94. The first kappa shape index (κ1) is 30.5. The van der Waals surface area contributed by atoms with Gasteiger partial charge in [-0.15, -0.1) is 0 Å². The fourth-order valence-electron chi connectivity index (χ4n) is 5.84. The third kappa shape index (κ3) is 6.89. The van der Waals surface area contributed by atoms with Gasteiger partial charge in [0.2, 0.25) is 0 Å². The van der Waals surface area contributed by atoms with E-state index in [4.69, 9.17) is 9.47 Å². The Morgan fingerprint density at radius 2 is 1.39 bits per heavy atom. The molecule has 0 aliphatic carbocycles. The average molecular weight is 612 g/mol. The van der Waals surface area contributed by atoms with Crippen molar-refractivity contribution in [2.75, 3.05) is 48.5 Å². The van der Waals surface area contributed by atoms with Crippen LogP contribution in [0.2, 0.25) is 0 Å². The summed E-state index contributed by atoms with van der Waals surface area (Å²) in [6, 6.07) is 40.3. The lowest BCUT2D eigenvalue weighted by molar-refractivity contribution is 0.0986. The maximum absolute atomic E-state index is 13.8. The summed E-state index contributed by atoms with van der Waals surface area (Å²) in [5.41, 5.74) is 5.55. The molecular weight excluding hydrogens is 574 g/mol. The van der Waals surface area contributed by atoms with Crippen molar-refractivity contribution < 1.29 is 19.1 Å². The summed E-state index contributed by atoms with van der Waals surface area (Å²) in [6.45, 7) is 2.81. The van der Waals surface area contributed by atoms with Crippen LogP contribution in [0.5, 0.6) is 11.5 Å². The molecule has 0 aromatic heterocycles. The van der Waals surface area contributed by atoms with Gasteiger partial charge >= 0.3 is 0 Å². The lowest BCUT2D eigenvalue weighted by atomic mass is 9.99. The lowest BCUT2D eigenvalue weighted by Gasteiger charge is -2.27. The summed E-state index contributed by atoms with van der Waals surface area (Å²) in [5, 5.41) is 3.00. The van der Waals surface area contributed by atoms with E-state index in [0.717, 1.165) is 59.9 Å². The fraction of sp³-hybridized carbons (Fsp3) is 0.179. The number of para-hydroxylation sites is 4. The number of nitrogens with one attached hydrogen (secondary N) is 1. The van der Waals surface area contributed by atoms with Crippen LogP contribution in [0.15, 0.2) is 127 Å². The fourth-order valence-corrected chi connectivity index (χ4v) is 5.84. The zero-order chi connectivity index (χ0) is 31.7. The highest BCUT2D eigenvalue weighted by Gasteiger charge is 2.25. The maximum atomic E-state index is 13.8. The van der Waals surface area contributed by atoms with Gasteiger partial charge in [-0.05, 0) is 78.6 Å². The van der Waals surface area contributed by atoms with Gasteiger partial charge in [0.05, 0.1) is 25.1 Å². The maximum Gasteiger partial charge on any atom is 0.258 e. The van der Waals surface area contributed by atoms with E-state index in [1.54, 1.807) is 31.4 Å². The topological polar surface area (TPSA) is 71.1 Å². The van der Waals surface area contributed by atoms with Crippen LogP contribution in [0.3, 0.4) is 0 Å². The quantitative estimate of drug-likeness (QED) is 0.162. The minimum Gasteiger partial charge on any atom is -0.493 e. The molecule has 0 radical (unpaired) electrons. The van der Waals surface area contributed by atoms with Crippen molar-refractivity contribution in [1.29, 1.82) is 0 Å². The molecule has 0 unspecified atom stereocenters. The molecule has 1 aliphatic heterocycles. The van der Waals surface area contributed by atoms with Gasteiger partial charge in [-0.2, -0.15) is 0 Å². The Labute approximate surface area is 270 Å². The number of carbonyl (C=O) groups is 2. The number of nitrogens with zero attached hydrogens (tertiary/aromatic N) is 2. The van der Waals surface area contributed by atoms with Crippen LogP contribution in [0.25, 0.3) is 11.1 Å². The van der Waals surface area contributed by atoms with Gasteiger partial charge in [0.25, 0.3) is 11.8 Å². The number of methoxy groups -OCH3 is 1. The number of rotatable bonds is 10. The summed E-state index contributed by atoms with van der Waals surface area (Å²) < 4.78 is 11.4. The molecule has 5 aromatic carbocycles. The van der Waals surface area contributed by atoms with Crippen LogP contribution in [-0.4, -0.2) is 45.2 Å². The molecule has 6 rings (SSSR count). The molecule has 0 saturated carbocycles. The Kier molecular flexibility index (Phi) is 9.59. The molecule has 46 heavy (non-hydrogen) atoms. The van der Waals surface area contributed by atoms with Gasteiger partial charge in [0, 0.05) is 36.4 Å². The molecular formula is C39H37N3O4. The Hall–Kier alpha value is -5.56. The van der Waals surface area contributed by atoms with Crippen LogP contribution in [0, 0.1) is 0 Å². The van der Waals surface area contributed by atoms with Crippen LogP contribution >= 0.6 is 0 Å². The lowest BCUT2D eigenvalue weighted by Crippen LogP contribution is -2.31. The summed E-state index contributed by atoms with van der Waals surface area (Å²) >= 11 is 0. The third-order valence-electron chi connectivity index (χ3n) is 8.11. The standard InChI is InChI=1S/C39H37N3O4/c1-45-36-19-9-10-20-37(36)46-28-12-26-41-25-11-27-42(35-18-8-7-17-34(35)41)39(44)30-21-23-31(24-22-30)40-38(43)33-16-6-5-15-32(33)29-13-3-2-4-14-29/h2-10,13-24H,11-12,25-28H2,1H3,(H,40,43). The highest BCUT2D eigenvalue weighted by molar-refractivity contribution is 6.10. The van der Waals surface area contributed by atoms with E-state index < -0.39 is 0 Å². The van der Waals surface area contributed by atoms with Crippen molar-refractivity contribution in [2.24, 2.45) is 0 Å². The highest BCUT2D eigenvalue weighted by Crippen LogP contribution is 2.34. The largest absolute Gasteiger partial charge is 0.493 e. The summed E-state index contributed by atoms with van der Waals surface area (Å²) in [7, 11) is 1.64. The Bertz CT molecular complexity index is 1790. The van der Waals surface area contributed by atoms with E-state index in [2.05, 4.69) is 16.3 Å². The number of benzene rings is 5. The number of anilines is 3. The first-order valence-corrected chi connectivity index (χ1v) is 15.6. The number of ether oxygens (including phenoxy) is 2. The zero-order valence-electron chi connectivity index (χ0n) is 25.9. The highest BCUT2D eigenvalue weighted by atomic mass is 16.5. The normalized spacial score (nSPS) is 12.5. The number of fused-ring (bicyclic) bond motifs is 1. The van der Waals surface area contributed by atoms with E-state index in [1.165, 1.54) is 0 Å². The second-order valence-corrected chi connectivity index (χ2v) is 11.1. The molecule has 232 valence electrons. The third-order valence-corrected chi connectivity index (χ3v) is 8.11. The second kappa shape index (κ2) is 14.5. The van der Waals surface area contributed by atoms with Gasteiger partial charge in [0.15, 0.2) is 11.5 Å². The van der Waals surface area contributed by atoms with E-state index in [-0.39, 0.29) is 11.8 Å². The first-order chi connectivity index (χ1) is 22.6. The SMILES string of the molecule is COc1ccccc1OCCCN1CCCN(C(=O)c2ccc(NC(=O)c3ccccc3-c3ccccc3)cc2)c2ccccc21. The van der Waals surface area contributed by atoms with Crippen molar-refractivity contribution in [1.82, 2.24) is 0 Å². The number of amides is 2. The number of carbonyl (C=O) groups excluding carboxylic acids is 2. The molecule has 1 heterocycles. The Balaban J connectivity index is 1.11. The Morgan fingerprint density at radius 1 is 0.717 bits per heavy atom. The van der Waals surface area contributed by atoms with Crippen molar-refractivity contribution in [3.05, 3.63) is 139 Å². The molecule has 0 spiro atoms. The Morgan fingerprint density at radius 3 is 2.17 bits per heavy atom. The van der Waals surface area contributed by atoms with E-state index in [0.29, 0.717) is 30.0 Å². The van der Waals surface area contributed by atoms with Gasteiger partial charge < -0.3 is 24.6 Å². The van der Waals surface area contributed by atoms with E-state index in [9.17, 15) is 9.59 Å². The number of hydrogen-bond acceptors (Lipinski definition) is 5. The van der Waals surface area contributed by atoms with Gasteiger partial charge in [0.1, 0.15) is 0 Å². The van der Waals surface area contributed by atoms with Crippen LogP contribution in [0.1, 0.15) is 33.6 Å². The molecule has 5 aromatic rings. The second-order valence-electron chi connectivity index (χ2n) is 11.1. The molecule has 2 amide bonds. The first-order valence-electron chi connectivity index (χ1n) is 15.6. The van der Waals surface area contributed by atoms with Crippen LogP contribution in [-0.2, 0) is 0 Å². The molecule has 1 aliphatic rings. The minimum atomic E-state index is -0.201. The van der Waals surface area contributed by atoms with E-state index in [1.807, 2.05) is 102 Å². The van der Waals surface area contributed by atoms with Crippen LogP contribution in [0.4, 0.5) is 17.1 Å². The van der Waals surface area contributed by atoms with Crippen LogP contribution < -0.4 is 24.6 Å². The average Bonchev–Trinajstić information content (AvgIpc) is 3.30. The van der Waals surface area contributed by atoms with Crippen molar-refractivity contribution in [3.63, 3.8) is 0 Å². The van der Waals surface area contributed by atoms with Gasteiger partial charge in [-0.25, -0.2) is 0 Å². The molecule has 0 saturated heterocycles. The summed E-state index contributed by atoms with van der Waals surface area (Å²) in [5.74, 6) is 1.19.